The maximum absolute atomic E-state index is 13.4. The van der Waals surface area contributed by atoms with Crippen LogP contribution in [-0.2, 0) is 32.4 Å². The first-order valence-electron chi connectivity index (χ1n) is 14.4. The van der Waals surface area contributed by atoms with E-state index in [-0.39, 0.29) is 18.5 Å². The van der Waals surface area contributed by atoms with Gasteiger partial charge in [0.1, 0.15) is 6.04 Å². The number of nitrogens with one attached hydrogen (secondary N) is 2. The minimum absolute atomic E-state index is 0.00172. The summed E-state index contributed by atoms with van der Waals surface area (Å²) in [4.78, 5) is 28.6. The SMILES string of the molecule is CC1(C)OB(O)c2cc(NC(=O)[C@@H](Cc3ccc(C(F)(F)F)cc3)NC(=O)[C@@H](N)CCCN3CC(N)C[C@@H](N)C3)ccc21. The molecule has 2 amide bonds. The molecule has 1 saturated heterocycles. The van der Waals surface area contributed by atoms with Gasteiger partial charge in [0.2, 0.25) is 11.8 Å². The van der Waals surface area contributed by atoms with Crippen LogP contribution >= 0.6 is 0 Å². The molecule has 0 saturated carbocycles. The molecule has 43 heavy (non-hydrogen) atoms. The molecule has 10 nitrogen and oxygen atoms in total. The van der Waals surface area contributed by atoms with Crippen LogP contribution in [0.15, 0.2) is 42.5 Å². The quantitative estimate of drug-likeness (QED) is 0.217. The topological polar surface area (TPSA) is 169 Å². The third kappa shape index (κ3) is 8.55. The van der Waals surface area contributed by atoms with Gasteiger partial charge in [-0.15, -0.1) is 0 Å². The van der Waals surface area contributed by atoms with Crippen LogP contribution in [0.25, 0.3) is 0 Å². The summed E-state index contributed by atoms with van der Waals surface area (Å²) in [6.45, 7) is 5.73. The van der Waals surface area contributed by atoms with E-state index in [1.165, 1.54) is 12.1 Å². The molecule has 0 aliphatic carbocycles. The molecule has 0 bridgehead atoms. The van der Waals surface area contributed by atoms with Crippen LogP contribution in [0.5, 0.6) is 0 Å². The van der Waals surface area contributed by atoms with Crippen molar-refractivity contribution in [3.63, 3.8) is 0 Å². The van der Waals surface area contributed by atoms with E-state index in [0.717, 1.165) is 24.1 Å². The zero-order valence-corrected chi connectivity index (χ0v) is 24.4. The Morgan fingerprint density at radius 2 is 1.77 bits per heavy atom. The number of amides is 2. The van der Waals surface area contributed by atoms with Crippen molar-refractivity contribution in [2.24, 2.45) is 17.2 Å². The number of nitrogens with two attached hydrogens (primary N) is 3. The fourth-order valence-corrected chi connectivity index (χ4v) is 5.71. The van der Waals surface area contributed by atoms with Gasteiger partial charge >= 0.3 is 13.3 Å². The summed E-state index contributed by atoms with van der Waals surface area (Å²) < 4.78 is 44.8. The largest absolute Gasteiger partial charge is 0.492 e. The third-order valence-corrected chi connectivity index (χ3v) is 7.91. The Balaban J connectivity index is 1.43. The van der Waals surface area contributed by atoms with Crippen LogP contribution in [0.3, 0.4) is 0 Å². The lowest BCUT2D eigenvalue weighted by molar-refractivity contribution is -0.137. The number of hydrogen-bond acceptors (Lipinski definition) is 8. The average Bonchev–Trinajstić information content (AvgIpc) is 3.14. The Bertz CT molecular complexity index is 1290. The van der Waals surface area contributed by atoms with E-state index in [1.54, 1.807) is 18.2 Å². The number of carbonyl (C=O) groups excluding carboxylic acids is 2. The molecule has 234 valence electrons. The number of anilines is 1. The highest BCUT2D eigenvalue weighted by molar-refractivity contribution is 6.62. The molecule has 2 aliphatic heterocycles. The number of halogens is 3. The lowest BCUT2D eigenvalue weighted by Crippen LogP contribution is -2.53. The third-order valence-electron chi connectivity index (χ3n) is 7.91. The van der Waals surface area contributed by atoms with Crippen molar-refractivity contribution < 1.29 is 32.4 Å². The molecule has 0 aromatic heterocycles. The van der Waals surface area contributed by atoms with E-state index in [9.17, 15) is 27.8 Å². The number of nitrogens with zero attached hydrogens (tertiary/aromatic N) is 1. The van der Waals surface area contributed by atoms with Crippen molar-refractivity contribution in [1.82, 2.24) is 10.2 Å². The number of hydrogen-bond donors (Lipinski definition) is 6. The molecule has 2 aromatic rings. The van der Waals surface area contributed by atoms with E-state index in [4.69, 9.17) is 21.9 Å². The Kier molecular flexibility index (Phi) is 10.2. The molecule has 1 unspecified atom stereocenters. The Hall–Kier alpha value is -3.01. The lowest BCUT2D eigenvalue weighted by Gasteiger charge is -2.34. The number of rotatable bonds is 10. The van der Waals surface area contributed by atoms with Gasteiger partial charge in [-0.25, -0.2) is 0 Å². The van der Waals surface area contributed by atoms with Crippen molar-refractivity contribution in [3.05, 3.63) is 59.2 Å². The minimum atomic E-state index is -4.50. The minimum Gasteiger partial charge on any atom is -0.423 e. The van der Waals surface area contributed by atoms with Gasteiger partial charge in [-0.3, -0.25) is 9.59 Å². The number of alkyl halides is 3. The zero-order chi connectivity index (χ0) is 31.5. The molecular weight excluding hydrogens is 564 g/mol. The van der Waals surface area contributed by atoms with Crippen LogP contribution in [0.1, 0.15) is 49.8 Å². The predicted molar refractivity (Wildman–Crippen MR) is 158 cm³/mol. The Labute approximate surface area is 249 Å². The number of benzene rings is 2. The number of likely N-dealkylation sites (tertiary alicyclic amines) is 1. The highest BCUT2D eigenvalue weighted by atomic mass is 19.4. The maximum Gasteiger partial charge on any atom is 0.492 e. The fraction of sp³-hybridized carbons (Fsp3) is 0.517. The summed E-state index contributed by atoms with van der Waals surface area (Å²) in [6, 6.07) is 7.33. The highest BCUT2D eigenvalue weighted by Gasteiger charge is 2.40. The standard InChI is InChI=1S/C29H40BF3N6O4/c1-28(2)22-10-9-21(14-23(22)30(42)43-28)37-27(41)25(12-17-5-7-18(8-6-17)29(31,32)33)38-26(40)24(36)4-3-11-39-15-19(34)13-20(35)16-39/h5-10,14,19-20,24-25,42H,3-4,11-13,15-16,34-36H2,1-2H3,(H,37,41)(H,38,40)/t19-,20?,24+,25-/m1/s1. The van der Waals surface area contributed by atoms with Crippen LogP contribution in [0.2, 0.25) is 0 Å². The number of carbonyl (C=O) groups is 2. The normalized spacial score (nSPS) is 21.7. The van der Waals surface area contributed by atoms with Gasteiger partial charge in [0, 0.05) is 37.3 Å². The summed E-state index contributed by atoms with van der Waals surface area (Å²) >= 11 is 0. The monoisotopic (exact) mass is 604 g/mol. The van der Waals surface area contributed by atoms with Crippen molar-refractivity contribution in [2.75, 3.05) is 25.0 Å². The molecule has 2 aromatic carbocycles. The zero-order valence-electron chi connectivity index (χ0n) is 24.4. The first-order valence-corrected chi connectivity index (χ1v) is 14.4. The van der Waals surface area contributed by atoms with Gasteiger partial charge in [-0.1, -0.05) is 18.2 Å². The van der Waals surface area contributed by atoms with Crippen LogP contribution in [0, 0.1) is 0 Å². The molecule has 2 heterocycles. The predicted octanol–water partition coefficient (Wildman–Crippen LogP) is 0.792. The Morgan fingerprint density at radius 1 is 1.12 bits per heavy atom. The number of piperidine rings is 1. The smallest absolute Gasteiger partial charge is 0.423 e. The lowest BCUT2D eigenvalue weighted by atomic mass is 9.78. The summed E-state index contributed by atoms with van der Waals surface area (Å²) in [5.41, 5.74) is 18.8. The maximum atomic E-state index is 13.4. The van der Waals surface area contributed by atoms with E-state index in [2.05, 4.69) is 15.5 Å². The molecule has 0 spiro atoms. The van der Waals surface area contributed by atoms with Crippen molar-refractivity contribution in [3.8, 4) is 0 Å². The van der Waals surface area contributed by atoms with Crippen molar-refractivity contribution in [2.45, 2.75) is 75.5 Å². The van der Waals surface area contributed by atoms with Crippen LogP contribution in [-0.4, -0.2) is 72.7 Å². The second-order valence-corrected chi connectivity index (χ2v) is 12.0. The van der Waals surface area contributed by atoms with E-state index in [0.29, 0.717) is 49.2 Å². The highest BCUT2D eigenvalue weighted by Crippen LogP contribution is 2.31. The molecular formula is C29H40BF3N6O4. The molecule has 9 N–H and O–H groups in total. The molecule has 4 rings (SSSR count). The first-order chi connectivity index (χ1) is 20.1. The molecule has 0 radical (unpaired) electrons. The van der Waals surface area contributed by atoms with E-state index >= 15 is 0 Å². The summed E-state index contributed by atoms with van der Waals surface area (Å²) in [7, 11) is -1.17. The second-order valence-electron chi connectivity index (χ2n) is 12.0. The summed E-state index contributed by atoms with van der Waals surface area (Å²) in [5, 5.41) is 15.7. The molecule has 14 heteroatoms. The van der Waals surface area contributed by atoms with E-state index in [1.807, 2.05) is 13.8 Å². The van der Waals surface area contributed by atoms with Crippen molar-refractivity contribution >= 4 is 30.1 Å². The summed E-state index contributed by atoms with van der Waals surface area (Å²) in [5.74, 6) is -1.15. The van der Waals surface area contributed by atoms with Gasteiger partial charge in [0.25, 0.3) is 0 Å². The molecule has 2 aliphatic rings. The van der Waals surface area contributed by atoms with Gasteiger partial charge in [0.15, 0.2) is 0 Å². The fourth-order valence-electron chi connectivity index (χ4n) is 5.71. The summed E-state index contributed by atoms with van der Waals surface area (Å²) in [6.07, 6.45) is -2.86. The van der Waals surface area contributed by atoms with Crippen molar-refractivity contribution in [1.29, 1.82) is 0 Å². The van der Waals surface area contributed by atoms with Crippen LogP contribution in [0.4, 0.5) is 18.9 Å². The van der Waals surface area contributed by atoms with Gasteiger partial charge < -0.3 is 42.4 Å². The van der Waals surface area contributed by atoms with E-state index < -0.39 is 48.4 Å². The van der Waals surface area contributed by atoms with Gasteiger partial charge in [-0.05, 0) is 80.5 Å². The molecule has 4 atom stereocenters. The Morgan fingerprint density at radius 3 is 2.40 bits per heavy atom. The molecule has 1 fully saturated rings. The first kappa shape index (κ1) is 32.9. The van der Waals surface area contributed by atoms with Gasteiger partial charge in [-0.2, -0.15) is 13.2 Å². The van der Waals surface area contributed by atoms with Gasteiger partial charge in [0.05, 0.1) is 17.2 Å². The number of fused-ring (bicyclic) bond motifs is 1. The second kappa shape index (κ2) is 13.3. The average molecular weight is 604 g/mol. The van der Waals surface area contributed by atoms with Crippen LogP contribution < -0.4 is 33.3 Å².